The fourth-order valence-electron chi connectivity index (χ4n) is 3.66. The highest BCUT2D eigenvalue weighted by Gasteiger charge is 2.24. The van der Waals surface area contributed by atoms with Crippen molar-refractivity contribution in [1.29, 1.82) is 5.26 Å². The lowest BCUT2D eigenvalue weighted by atomic mass is 10.00. The van der Waals surface area contributed by atoms with Gasteiger partial charge in [-0.3, -0.25) is 4.79 Å². The van der Waals surface area contributed by atoms with Crippen LogP contribution in [0.2, 0.25) is 0 Å². The molecular weight excluding hydrogens is 326 g/mol. The van der Waals surface area contributed by atoms with Crippen LogP contribution in [0, 0.1) is 11.5 Å². The molecule has 2 aliphatic rings. The predicted octanol–water partition coefficient (Wildman–Crippen LogP) is 1.93. The van der Waals surface area contributed by atoms with Crippen LogP contribution in [0.5, 0.6) is 0 Å². The first-order valence-electron chi connectivity index (χ1n) is 8.96. The zero-order valence-electron chi connectivity index (χ0n) is 14.6. The summed E-state index contributed by atoms with van der Waals surface area (Å²) in [5, 5.41) is 12.0. The molecule has 132 valence electrons. The first-order valence-corrected chi connectivity index (χ1v) is 8.96. The third-order valence-electron chi connectivity index (χ3n) is 5.13. The van der Waals surface area contributed by atoms with Crippen molar-refractivity contribution in [3.63, 3.8) is 0 Å². The van der Waals surface area contributed by atoms with E-state index in [-0.39, 0.29) is 11.9 Å². The van der Waals surface area contributed by atoms with Crippen LogP contribution in [0.15, 0.2) is 42.6 Å². The Morgan fingerprint density at radius 1 is 1.23 bits per heavy atom. The molecule has 1 N–H and O–H groups in total. The Bertz CT molecular complexity index is 859. The number of aromatic nitrogens is 1. The van der Waals surface area contributed by atoms with Crippen molar-refractivity contribution in [3.05, 3.63) is 59.3 Å². The van der Waals surface area contributed by atoms with Crippen LogP contribution in [0.1, 0.15) is 27.9 Å². The Morgan fingerprint density at radius 3 is 2.88 bits per heavy atom. The van der Waals surface area contributed by atoms with Crippen molar-refractivity contribution in [3.8, 4) is 6.19 Å². The molecule has 2 aromatic rings. The molecule has 6 nitrogen and oxygen atoms in total. The van der Waals surface area contributed by atoms with Gasteiger partial charge in [-0.1, -0.05) is 24.3 Å². The van der Waals surface area contributed by atoms with Gasteiger partial charge in [0.15, 0.2) is 6.19 Å². The summed E-state index contributed by atoms with van der Waals surface area (Å²) in [6, 6.07) is 12.1. The average molecular weight is 347 g/mol. The fourth-order valence-corrected chi connectivity index (χ4v) is 3.66. The minimum atomic E-state index is -0.101. The zero-order valence-corrected chi connectivity index (χ0v) is 14.6. The minimum absolute atomic E-state index is 0.0284. The molecule has 0 saturated carbocycles. The van der Waals surface area contributed by atoms with Gasteiger partial charge in [0.2, 0.25) is 0 Å². The molecule has 0 aliphatic carbocycles. The number of nitrogens with one attached hydrogen (secondary N) is 1. The number of carbonyl (C=O) groups excluding carboxylic acids is 1. The van der Waals surface area contributed by atoms with Crippen LogP contribution >= 0.6 is 0 Å². The summed E-state index contributed by atoms with van der Waals surface area (Å²) in [4.78, 5) is 20.9. The summed E-state index contributed by atoms with van der Waals surface area (Å²) in [7, 11) is 0. The summed E-state index contributed by atoms with van der Waals surface area (Å²) >= 11 is 0. The Kier molecular flexibility index (Phi) is 4.44. The maximum Gasteiger partial charge on any atom is 0.251 e. The summed E-state index contributed by atoms with van der Waals surface area (Å²) in [5.41, 5.74) is 3.32. The summed E-state index contributed by atoms with van der Waals surface area (Å²) < 4.78 is 0. The molecule has 1 aromatic heterocycles. The number of amides is 1. The zero-order chi connectivity index (χ0) is 17.9. The SMILES string of the molecule is N#CN1CC[C@@H](NC(=O)c2ccnc(N3CCc4ccccc4C3)c2)C1. The van der Waals surface area contributed by atoms with Gasteiger partial charge in [0.1, 0.15) is 5.82 Å². The van der Waals surface area contributed by atoms with Crippen LogP contribution < -0.4 is 10.2 Å². The molecule has 2 aliphatic heterocycles. The standard InChI is InChI=1S/C20H21N5O/c21-14-24-9-7-18(13-24)23-20(26)16-5-8-22-19(11-16)25-10-6-15-3-1-2-4-17(15)12-25/h1-5,8,11,18H,6-7,9-10,12-13H2,(H,23,26)/t18-/m1/s1. The first-order chi connectivity index (χ1) is 12.7. The number of nitrogens with zero attached hydrogens (tertiary/aromatic N) is 4. The molecule has 1 amide bonds. The summed E-state index contributed by atoms with van der Waals surface area (Å²) in [6.45, 7) is 3.00. The third-order valence-corrected chi connectivity index (χ3v) is 5.13. The van der Waals surface area contributed by atoms with E-state index in [1.807, 2.05) is 6.07 Å². The van der Waals surface area contributed by atoms with Crippen molar-refractivity contribution in [1.82, 2.24) is 15.2 Å². The van der Waals surface area contributed by atoms with E-state index in [0.717, 1.165) is 31.7 Å². The maximum absolute atomic E-state index is 12.6. The number of hydrogen-bond donors (Lipinski definition) is 1. The Hall–Kier alpha value is -3.07. The number of anilines is 1. The Labute approximate surface area is 153 Å². The topological polar surface area (TPSA) is 72.3 Å². The second-order valence-corrected chi connectivity index (χ2v) is 6.85. The minimum Gasteiger partial charge on any atom is -0.352 e. The lowest BCUT2D eigenvalue weighted by Crippen LogP contribution is -2.36. The molecule has 0 unspecified atom stereocenters. The predicted molar refractivity (Wildman–Crippen MR) is 98.5 cm³/mol. The lowest BCUT2D eigenvalue weighted by Gasteiger charge is -2.30. The number of benzene rings is 1. The number of rotatable bonds is 3. The molecule has 1 fully saturated rings. The van der Waals surface area contributed by atoms with Crippen LogP contribution in [0.25, 0.3) is 0 Å². The monoisotopic (exact) mass is 347 g/mol. The fraction of sp³-hybridized carbons (Fsp3) is 0.350. The van der Waals surface area contributed by atoms with Crippen LogP contribution in [0.4, 0.5) is 5.82 Å². The number of hydrogen-bond acceptors (Lipinski definition) is 5. The van der Waals surface area contributed by atoms with Crippen molar-refractivity contribution in [2.24, 2.45) is 0 Å². The highest BCUT2D eigenvalue weighted by molar-refractivity contribution is 5.95. The van der Waals surface area contributed by atoms with Gasteiger partial charge in [-0.15, -0.1) is 0 Å². The molecule has 0 bridgehead atoms. The Balaban J connectivity index is 1.45. The van der Waals surface area contributed by atoms with Crippen molar-refractivity contribution >= 4 is 11.7 Å². The second-order valence-electron chi connectivity index (χ2n) is 6.85. The largest absolute Gasteiger partial charge is 0.352 e. The molecule has 3 heterocycles. The highest BCUT2D eigenvalue weighted by atomic mass is 16.1. The Morgan fingerprint density at radius 2 is 2.08 bits per heavy atom. The van der Waals surface area contributed by atoms with E-state index in [9.17, 15) is 4.79 Å². The number of nitriles is 1. The van der Waals surface area contributed by atoms with Gasteiger partial charge in [-0.25, -0.2) is 4.98 Å². The van der Waals surface area contributed by atoms with Crippen LogP contribution in [-0.2, 0) is 13.0 Å². The molecule has 4 rings (SSSR count). The van der Waals surface area contributed by atoms with Gasteiger partial charge in [-0.05, 0) is 36.1 Å². The highest BCUT2D eigenvalue weighted by Crippen LogP contribution is 2.23. The summed E-state index contributed by atoms with van der Waals surface area (Å²) in [5.74, 6) is 0.730. The van der Waals surface area contributed by atoms with E-state index in [4.69, 9.17) is 5.26 Å². The number of carbonyl (C=O) groups is 1. The quantitative estimate of drug-likeness (QED) is 0.859. The maximum atomic E-state index is 12.6. The van der Waals surface area contributed by atoms with Gasteiger partial charge in [-0.2, -0.15) is 5.26 Å². The van der Waals surface area contributed by atoms with E-state index in [2.05, 4.69) is 45.7 Å². The number of likely N-dealkylation sites (tertiary alicyclic amines) is 1. The third kappa shape index (κ3) is 3.33. The summed E-state index contributed by atoms with van der Waals surface area (Å²) in [6.07, 6.45) is 5.62. The number of fused-ring (bicyclic) bond motifs is 1. The average Bonchev–Trinajstić information content (AvgIpc) is 3.15. The van der Waals surface area contributed by atoms with Crippen LogP contribution in [0.3, 0.4) is 0 Å². The van der Waals surface area contributed by atoms with E-state index in [1.54, 1.807) is 17.2 Å². The molecule has 0 spiro atoms. The van der Waals surface area contributed by atoms with Gasteiger partial charge in [0.05, 0.1) is 0 Å². The van der Waals surface area contributed by atoms with E-state index in [0.29, 0.717) is 18.7 Å². The molecule has 6 heteroatoms. The molecule has 0 radical (unpaired) electrons. The number of pyridine rings is 1. The van der Waals surface area contributed by atoms with Gasteiger partial charge in [0, 0.05) is 44.0 Å². The molecule has 1 saturated heterocycles. The van der Waals surface area contributed by atoms with E-state index < -0.39 is 0 Å². The van der Waals surface area contributed by atoms with Crippen LogP contribution in [-0.4, -0.2) is 41.5 Å². The van der Waals surface area contributed by atoms with Crippen molar-refractivity contribution in [2.75, 3.05) is 24.5 Å². The van der Waals surface area contributed by atoms with Gasteiger partial charge >= 0.3 is 0 Å². The van der Waals surface area contributed by atoms with E-state index in [1.165, 1.54) is 11.1 Å². The molecule has 26 heavy (non-hydrogen) atoms. The molecule has 1 aromatic carbocycles. The molecule has 1 atom stereocenters. The van der Waals surface area contributed by atoms with Gasteiger partial charge < -0.3 is 15.1 Å². The van der Waals surface area contributed by atoms with E-state index >= 15 is 0 Å². The van der Waals surface area contributed by atoms with Crippen molar-refractivity contribution in [2.45, 2.75) is 25.4 Å². The lowest BCUT2D eigenvalue weighted by molar-refractivity contribution is 0.0938. The normalized spacial score (nSPS) is 19.0. The first kappa shape index (κ1) is 16.4. The van der Waals surface area contributed by atoms with Gasteiger partial charge in [0.25, 0.3) is 5.91 Å². The van der Waals surface area contributed by atoms with Crippen molar-refractivity contribution < 1.29 is 4.79 Å². The molecular formula is C20H21N5O. The smallest absolute Gasteiger partial charge is 0.251 e. The second kappa shape index (κ2) is 7.04.